The Morgan fingerprint density at radius 2 is 1.55 bits per heavy atom. The van der Waals surface area contributed by atoms with E-state index in [0.717, 1.165) is 29.0 Å². The van der Waals surface area contributed by atoms with Gasteiger partial charge in [-0.15, -0.1) is 30.6 Å². The van der Waals surface area contributed by atoms with E-state index in [9.17, 15) is 13.2 Å². The molecule has 4 aromatic heterocycles. The van der Waals surface area contributed by atoms with Gasteiger partial charge in [0, 0.05) is 33.1 Å². The molecule has 0 saturated carbocycles. The summed E-state index contributed by atoms with van der Waals surface area (Å²) in [5, 5.41) is 24.1. The lowest BCUT2D eigenvalue weighted by atomic mass is 9.96. The van der Waals surface area contributed by atoms with Crippen LogP contribution in [0.5, 0.6) is 0 Å². The summed E-state index contributed by atoms with van der Waals surface area (Å²) in [4.78, 5) is 3.87. The maximum absolute atomic E-state index is 13.1. The van der Waals surface area contributed by atoms with Crippen LogP contribution in [0.4, 0.5) is 24.8 Å². The molecule has 5 rings (SSSR count). The van der Waals surface area contributed by atoms with Gasteiger partial charge in [0.15, 0.2) is 17.1 Å². The van der Waals surface area contributed by atoms with Crippen molar-refractivity contribution in [1.29, 1.82) is 0 Å². The van der Waals surface area contributed by atoms with Gasteiger partial charge in [-0.3, -0.25) is 0 Å². The predicted octanol–water partition coefficient (Wildman–Crippen LogP) is 2.03. The molecule has 13 heteroatoms. The van der Waals surface area contributed by atoms with Gasteiger partial charge in [-0.05, 0) is 37.1 Å². The van der Waals surface area contributed by atoms with Crippen molar-refractivity contribution in [2.75, 3.05) is 37.0 Å². The molecule has 1 aliphatic heterocycles. The zero-order valence-corrected chi connectivity index (χ0v) is 16.8. The van der Waals surface area contributed by atoms with Crippen molar-refractivity contribution in [3.8, 4) is 0 Å². The minimum Gasteiger partial charge on any atom is -0.361 e. The van der Waals surface area contributed by atoms with Crippen LogP contribution in [0.15, 0.2) is 24.3 Å². The van der Waals surface area contributed by atoms with Gasteiger partial charge in [0.1, 0.15) is 11.6 Å². The number of rotatable bonds is 3. The van der Waals surface area contributed by atoms with Gasteiger partial charge in [-0.2, -0.15) is 22.2 Å². The Morgan fingerprint density at radius 3 is 2.26 bits per heavy atom. The van der Waals surface area contributed by atoms with E-state index in [0.29, 0.717) is 24.6 Å². The lowest BCUT2D eigenvalue weighted by Crippen LogP contribution is -2.34. The zero-order valence-electron chi connectivity index (χ0n) is 16.8. The van der Waals surface area contributed by atoms with E-state index in [1.807, 2.05) is 36.0 Å². The molecule has 0 aliphatic carbocycles. The second-order valence-corrected chi connectivity index (χ2v) is 7.66. The third-order valence-electron chi connectivity index (χ3n) is 5.42. The Balaban J connectivity index is 1.37. The molecule has 10 nitrogen and oxygen atoms in total. The maximum atomic E-state index is 13.1. The summed E-state index contributed by atoms with van der Waals surface area (Å²) in [6, 6.07) is 6.93. The quantitative estimate of drug-likeness (QED) is 0.486. The third-order valence-corrected chi connectivity index (χ3v) is 5.42. The second kappa shape index (κ2) is 7.03. The highest BCUT2D eigenvalue weighted by Crippen LogP contribution is 2.31. The molecule has 31 heavy (non-hydrogen) atoms. The van der Waals surface area contributed by atoms with Crippen LogP contribution in [-0.4, -0.2) is 66.8 Å². The summed E-state index contributed by atoms with van der Waals surface area (Å²) >= 11 is 0. The average molecular weight is 432 g/mol. The number of hydrogen-bond donors (Lipinski definition) is 0. The van der Waals surface area contributed by atoms with Gasteiger partial charge in [0.2, 0.25) is 0 Å². The van der Waals surface area contributed by atoms with E-state index in [4.69, 9.17) is 0 Å². The maximum Gasteiger partial charge on any atom is 0.453 e. The minimum atomic E-state index is -4.62. The fraction of sp³-hybridized carbons (Fsp3) is 0.444. The molecule has 1 saturated heterocycles. The predicted molar refractivity (Wildman–Crippen MR) is 105 cm³/mol. The van der Waals surface area contributed by atoms with E-state index >= 15 is 0 Å². The number of anilines is 2. The second-order valence-electron chi connectivity index (χ2n) is 7.66. The average Bonchev–Trinajstić information content (AvgIpc) is 3.37. The Bertz CT molecular complexity index is 1240. The summed E-state index contributed by atoms with van der Waals surface area (Å²) in [6.45, 7) is 1.24. The zero-order chi connectivity index (χ0) is 21.8. The van der Waals surface area contributed by atoms with Crippen LogP contribution < -0.4 is 9.80 Å². The van der Waals surface area contributed by atoms with Crippen LogP contribution in [0, 0.1) is 0 Å². The first-order valence-electron chi connectivity index (χ1n) is 9.75. The van der Waals surface area contributed by atoms with Crippen molar-refractivity contribution >= 4 is 22.9 Å². The molecule has 0 atom stereocenters. The molecule has 162 valence electrons. The topological polar surface area (TPSA) is 92.6 Å². The molecule has 0 unspecified atom stereocenters. The van der Waals surface area contributed by atoms with Crippen molar-refractivity contribution in [3.05, 3.63) is 35.9 Å². The van der Waals surface area contributed by atoms with Gasteiger partial charge in [-0.1, -0.05) is 0 Å². The Hall–Kier alpha value is -3.51. The van der Waals surface area contributed by atoms with Gasteiger partial charge < -0.3 is 9.80 Å². The highest BCUT2D eigenvalue weighted by Gasteiger charge is 2.38. The van der Waals surface area contributed by atoms with Crippen LogP contribution in [-0.2, 0) is 6.18 Å². The van der Waals surface area contributed by atoms with Gasteiger partial charge in [0.05, 0.1) is 0 Å². The smallest absolute Gasteiger partial charge is 0.361 e. The molecule has 1 aliphatic rings. The Kier molecular flexibility index (Phi) is 4.41. The molecule has 4 aromatic rings. The number of alkyl halides is 3. The molecule has 0 amide bonds. The van der Waals surface area contributed by atoms with Crippen LogP contribution in [0.3, 0.4) is 0 Å². The van der Waals surface area contributed by atoms with E-state index in [-0.39, 0.29) is 11.6 Å². The monoisotopic (exact) mass is 432 g/mol. The van der Waals surface area contributed by atoms with Gasteiger partial charge in [0.25, 0.3) is 5.82 Å². The number of nitrogens with zero attached hydrogens (tertiary/aromatic N) is 10. The standard InChI is InChI=1S/C18H19F3N10/c1-28(2)14-5-3-12-22-24-16(30(12)26-14)11-7-9-29(10-8-11)15-6-4-13-23-25-17(18(19,20)21)31(13)27-15/h3-6,11H,7-10H2,1-2H3. The first-order valence-corrected chi connectivity index (χ1v) is 9.75. The first kappa shape index (κ1) is 19.5. The molecule has 5 heterocycles. The largest absolute Gasteiger partial charge is 0.453 e. The number of piperidine rings is 1. The fourth-order valence-corrected chi connectivity index (χ4v) is 3.78. The Labute approximate surface area is 174 Å². The first-order chi connectivity index (χ1) is 14.8. The lowest BCUT2D eigenvalue weighted by Gasteiger charge is -2.31. The normalized spacial score (nSPS) is 15.8. The van der Waals surface area contributed by atoms with Crippen LogP contribution in [0.2, 0.25) is 0 Å². The molecule has 1 fully saturated rings. The summed E-state index contributed by atoms with van der Waals surface area (Å²) in [6.07, 6.45) is -3.11. The molecule has 0 aromatic carbocycles. The van der Waals surface area contributed by atoms with Crippen molar-refractivity contribution < 1.29 is 13.2 Å². The highest BCUT2D eigenvalue weighted by atomic mass is 19.4. The van der Waals surface area contributed by atoms with Gasteiger partial charge >= 0.3 is 6.18 Å². The third kappa shape index (κ3) is 3.39. The SMILES string of the molecule is CN(C)c1ccc2nnc(C3CCN(c4ccc5nnc(C(F)(F)F)n5n4)CC3)n2n1. The molecule has 0 radical (unpaired) electrons. The van der Waals surface area contributed by atoms with E-state index in [1.54, 1.807) is 10.6 Å². The van der Waals surface area contributed by atoms with Crippen LogP contribution in [0.25, 0.3) is 11.3 Å². The molecule has 0 bridgehead atoms. The summed E-state index contributed by atoms with van der Waals surface area (Å²) in [5.74, 6) is 1.06. The Morgan fingerprint density at radius 1 is 0.871 bits per heavy atom. The fourth-order valence-electron chi connectivity index (χ4n) is 3.78. The van der Waals surface area contributed by atoms with Crippen molar-refractivity contribution in [1.82, 2.24) is 39.6 Å². The van der Waals surface area contributed by atoms with E-state index in [1.165, 1.54) is 6.07 Å². The van der Waals surface area contributed by atoms with Crippen LogP contribution >= 0.6 is 0 Å². The summed E-state index contributed by atoms with van der Waals surface area (Å²) < 4.78 is 41.9. The molecular weight excluding hydrogens is 413 g/mol. The van der Waals surface area contributed by atoms with Gasteiger partial charge in [-0.25, -0.2) is 0 Å². The van der Waals surface area contributed by atoms with Crippen LogP contribution in [0.1, 0.15) is 30.4 Å². The van der Waals surface area contributed by atoms with Crippen molar-refractivity contribution in [2.45, 2.75) is 24.9 Å². The van der Waals surface area contributed by atoms with E-state index < -0.39 is 12.0 Å². The number of halogens is 3. The summed E-state index contributed by atoms with van der Waals surface area (Å²) in [5.41, 5.74) is 0.742. The number of aromatic nitrogens is 8. The molecule has 0 N–H and O–H groups in total. The lowest BCUT2D eigenvalue weighted by molar-refractivity contribution is -0.146. The van der Waals surface area contributed by atoms with Crippen molar-refractivity contribution in [3.63, 3.8) is 0 Å². The van der Waals surface area contributed by atoms with E-state index in [2.05, 4.69) is 30.6 Å². The number of fused-ring (bicyclic) bond motifs is 2. The minimum absolute atomic E-state index is 0.0589. The number of hydrogen-bond acceptors (Lipinski definition) is 8. The molecule has 0 spiro atoms. The summed E-state index contributed by atoms with van der Waals surface area (Å²) in [7, 11) is 3.83. The van der Waals surface area contributed by atoms with Crippen molar-refractivity contribution in [2.24, 2.45) is 0 Å². The molecular formula is C18H19F3N10. The highest BCUT2D eigenvalue weighted by molar-refractivity contribution is 5.47.